The summed E-state index contributed by atoms with van der Waals surface area (Å²) in [5.41, 5.74) is 0. The van der Waals surface area contributed by atoms with Gasteiger partial charge in [-0.05, 0) is 43.4 Å². The van der Waals surface area contributed by atoms with Crippen molar-refractivity contribution in [2.75, 3.05) is 39.6 Å². The average molecular weight is 1480 g/mol. The van der Waals surface area contributed by atoms with Crippen LogP contribution in [0.4, 0.5) is 0 Å². The summed E-state index contributed by atoms with van der Waals surface area (Å²) in [6.45, 7) is 11.9. The van der Waals surface area contributed by atoms with Crippen molar-refractivity contribution in [3.05, 3.63) is 0 Å². The van der Waals surface area contributed by atoms with Crippen molar-refractivity contribution in [2.45, 2.75) is 446 Å². The molecule has 0 aromatic heterocycles. The van der Waals surface area contributed by atoms with E-state index in [2.05, 4.69) is 48.5 Å². The molecule has 0 aliphatic carbocycles. The fourth-order valence-electron chi connectivity index (χ4n) is 12.7. The fourth-order valence-corrected chi connectivity index (χ4v) is 14.2. The second kappa shape index (κ2) is 72.3. The maximum Gasteiger partial charge on any atom is 0.472 e. The number of ether oxygens (including phenoxy) is 4. The van der Waals surface area contributed by atoms with E-state index >= 15 is 0 Å². The molecule has 0 heterocycles. The third-order valence-corrected chi connectivity index (χ3v) is 21.0. The molecule has 3 N–H and O–H groups in total. The van der Waals surface area contributed by atoms with Crippen molar-refractivity contribution in [3.63, 3.8) is 0 Å². The Balaban J connectivity index is 5.24. The zero-order valence-corrected chi connectivity index (χ0v) is 68.2. The molecule has 0 aromatic rings. The number of aliphatic hydroxyl groups excluding tert-OH is 1. The molecular weight excluding hydrogens is 1320 g/mol. The molecule has 0 fully saturated rings. The summed E-state index contributed by atoms with van der Waals surface area (Å²) in [4.78, 5) is 73.1. The minimum absolute atomic E-state index is 0.108. The maximum atomic E-state index is 13.1. The van der Waals surface area contributed by atoms with E-state index in [0.717, 1.165) is 108 Å². The average Bonchev–Trinajstić information content (AvgIpc) is 0.941. The molecule has 0 aliphatic heterocycles. The summed E-state index contributed by atoms with van der Waals surface area (Å²) in [7, 11) is -9.92. The summed E-state index contributed by atoms with van der Waals surface area (Å²) in [6.07, 6.45) is 61.1. The molecule has 101 heavy (non-hydrogen) atoms. The first kappa shape index (κ1) is 99.1. The minimum atomic E-state index is -4.96. The van der Waals surface area contributed by atoms with E-state index in [1.54, 1.807) is 0 Å². The Morgan fingerprint density at radius 3 is 0.673 bits per heavy atom. The standard InChI is InChI=1S/C82H160O17P2/c1-8-9-10-11-12-13-14-15-16-17-18-26-31-36-43-51-58-65-82(87)99-78(70-93-80(85)64-57-50-45-38-41-48-55-62-75(6)7)72-97-101(90,91)95-68-76(83)67-94-100(88,89)96-71-77(98-81(86)66-59-52-44-37-32-27-22-20-24-29-34-40-47-54-61-74(4)5)69-92-79(84)63-56-49-42-35-30-25-21-19-23-28-33-39-46-53-60-73(2)3/h73-78,83H,8-72H2,1-7H3,(H,88,89)(H,90,91)/t76-,77-,78-/m1/s1. The van der Waals surface area contributed by atoms with Crippen LogP contribution < -0.4 is 0 Å². The normalized spacial score (nSPS) is 14.0. The van der Waals surface area contributed by atoms with Crippen molar-refractivity contribution in [1.82, 2.24) is 0 Å². The molecule has 0 aliphatic rings. The Bertz CT molecular complexity index is 1960. The molecule has 2 unspecified atom stereocenters. The molecule has 0 spiro atoms. The predicted molar refractivity (Wildman–Crippen MR) is 414 cm³/mol. The summed E-state index contributed by atoms with van der Waals surface area (Å²) in [5, 5.41) is 10.7. The molecule has 0 saturated carbocycles. The van der Waals surface area contributed by atoms with Crippen LogP contribution >= 0.6 is 15.6 Å². The number of phosphoric ester groups is 2. The van der Waals surface area contributed by atoms with E-state index in [4.69, 9.17) is 37.0 Å². The lowest BCUT2D eigenvalue weighted by Gasteiger charge is -2.21. The monoisotopic (exact) mass is 1480 g/mol. The van der Waals surface area contributed by atoms with Crippen molar-refractivity contribution in [3.8, 4) is 0 Å². The topological polar surface area (TPSA) is 237 Å². The number of unbranched alkanes of at least 4 members (excludes halogenated alkanes) is 48. The van der Waals surface area contributed by atoms with Gasteiger partial charge in [0.2, 0.25) is 0 Å². The highest BCUT2D eigenvalue weighted by molar-refractivity contribution is 7.47. The molecule has 0 saturated heterocycles. The third-order valence-electron chi connectivity index (χ3n) is 19.1. The highest BCUT2D eigenvalue weighted by Gasteiger charge is 2.30. The molecule has 17 nitrogen and oxygen atoms in total. The number of aliphatic hydroxyl groups is 1. The third kappa shape index (κ3) is 76.1. The van der Waals surface area contributed by atoms with Gasteiger partial charge in [-0.1, -0.05) is 376 Å². The number of phosphoric acid groups is 2. The smallest absolute Gasteiger partial charge is 0.462 e. The molecular formula is C82H160O17P2. The first-order valence-electron chi connectivity index (χ1n) is 42.3. The maximum absolute atomic E-state index is 13.1. The SMILES string of the molecule is CCCCCCCCCCCCCCCCCCCC(=O)O[C@H](COC(=O)CCCCCCCCCC(C)C)COP(=O)(O)OC[C@H](O)COP(=O)(O)OC[C@@H](COC(=O)CCCCCCCCCCCCCCCCC(C)C)OC(=O)CCCCCCCCCCCCCCCCC(C)C. The Labute approximate surface area is 619 Å². The quantitative estimate of drug-likeness (QED) is 0.0222. The number of hydrogen-bond donors (Lipinski definition) is 3. The number of hydrogen-bond acceptors (Lipinski definition) is 15. The molecule has 0 radical (unpaired) electrons. The van der Waals surface area contributed by atoms with Gasteiger partial charge in [0.15, 0.2) is 12.2 Å². The van der Waals surface area contributed by atoms with Gasteiger partial charge >= 0.3 is 39.5 Å². The van der Waals surface area contributed by atoms with Crippen molar-refractivity contribution >= 4 is 39.5 Å². The Hall–Kier alpha value is -1.94. The van der Waals surface area contributed by atoms with E-state index in [-0.39, 0.29) is 25.7 Å². The second-order valence-electron chi connectivity index (χ2n) is 30.9. The zero-order chi connectivity index (χ0) is 74.4. The summed E-state index contributed by atoms with van der Waals surface area (Å²) in [6, 6.07) is 0. The first-order valence-corrected chi connectivity index (χ1v) is 45.3. The van der Waals surface area contributed by atoms with E-state index in [1.165, 1.54) is 231 Å². The van der Waals surface area contributed by atoms with Gasteiger partial charge in [-0.2, -0.15) is 0 Å². The lowest BCUT2D eigenvalue weighted by Crippen LogP contribution is -2.30. The van der Waals surface area contributed by atoms with Crippen LogP contribution in [0, 0.1) is 17.8 Å². The van der Waals surface area contributed by atoms with E-state index in [1.807, 2.05) is 0 Å². The van der Waals surface area contributed by atoms with Crippen LogP contribution in [0.1, 0.15) is 427 Å². The largest absolute Gasteiger partial charge is 0.472 e. The Morgan fingerprint density at radius 1 is 0.267 bits per heavy atom. The second-order valence-corrected chi connectivity index (χ2v) is 33.8. The van der Waals surface area contributed by atoms with Crippen LogP contribution in [0.5, 0.6) is 0 Å². The van der Waals surface area contributed by atoms with Gasteiger partial charge in [0.25, 0.3) is 0 Å². The van der Waals surface area contributed by atoms with Gasteiger partial charge in [0, 0.05) is 25.7 Å². The van der Waals surface area contributed by atoms with Gasteiger partial charge in [0.1, 0.15) is 19.3 Å². The van der Waals surface area contributed by atoms with Gasteiger partial charge in [-0.15, -0.1) is 0 Å². The van der Waals surface area contributed by atoms with E-state index in [9.17, 15) is 43.2 Å². The van der Waals surface area contributed by atoms with Crippen LogP contribution in [0.15, 0.2) is 0 Å². The number of carbonyl (C=O) groups is 4. The highest BCUT2D eigenvalue weighted by atomic mass is 31.2. The van der Waals surface area contributed by atoms with E-state index in [0.29, 0.717) is 31.6 Å². The van der Waals surface area contributed by atoms with Crippen LogP contribution in [0.25, 0.3) is 0 Å². The molecule has 0 bridgehead atoms. The van der Waals surface area contributed by atoms with E-state index < -0.39 is 97.5 Å². The van der Waals surface area contributed by atoms with Crippen molar-refractivity contribution < 1.29 is 80.2 Å². The van der Waals surface area contributed by atoms with Gasteiger partial charge in [0.05, 0.1) is 26.4 Å². The molecule has 0 amide bonds. The molecule has 0 rings (SSSR count). The van der Waals surface area contributed by atoms with Gasteiger partial charge in [-0.25, -0.2) is 9.13 Å². The highest BCUT2D eigenvalue weighted by Crippen LogP contribution is 2.45. The number of rotatable bonds is 80. The summed E-state index contributed by atoms with van der Waals surface area (Å²) in [5.74, 6) is 0.190. The summed E-state index contributed by atoms with van der Waals surface area (Å²) >= 11 is 0. The van der Waals surface area contributed by atoms with Crippen LogP contribution in [-0.4, -0.2) is 96.7 Å². The molecule has 5 atom stereocenters. The summed E-state index contributed by atoms with van der Waals surface area (Å²) < 4.78 is 68.8. The number of carbonyl (C=O) groups excluding carboxylic acids is 4. The molecule has 19 heteroatoms. The lowest BCUT2D eigenvalue weighted by atomic mass is 10.0. The Morgan fingerprint density at radius 2 is 0.455 bits per heavy atom. The van der Waals surface area contributed by atoms with Gasteiger partial charge in [-0.3, -0.25) is 37.3 Å². The van der Waals surface area contributed by atoms with Crippen LogP contribution in [0.2, 0.25) is 0 Å². The first-order chi connectivity index (χ1) is 48.7. The van der Waals surface area contributed by atoms with Crippen molar-refractivity contribution in [2.24, 2.45) is 17.8 Å². The molecule has 600 valence electrons. The van der Waals surface area contributed by atoms with Crippen molar-refractivity contribution in [1.29, 1.82) is 0 Å². The minimum Gasteiger partial charge on any atom is -0.462 e. The molecule has 0 aromatic carbocycles. The predicted octanol–water partition coefficient (Wildman–Crippen LogP) is 24.5. The number of esters is 4. The van der Waals surface area contributed by atoms with Gasteiger partial charge < -0.3 is 33.8 Å². The zero-order valence-electron chi connectivity index (χ0n) is 66.4. The fraction of sp³-hybridized carbons (Fsp3) is 0.951. The van der Waals surface area contributed by atoms with Crippen LogP contribution in [-0.2, 0) is 65.4 Å². The lowest BCUT2D eigenvalue weighted by molar-refractivity contribution is -0.161. The van der Waals surface area contributed by atoms with Crippen LogP contribution in [0.3, 0.4) is 0 Å². The Kier molecular flexibility index (Phi) is 70.9.